The van der Waals surface area contributed by atoms with Crippen LogP contribution in [0.15, 0.2) is 60.7 Å². The summed E-state index contributed by atoms with van der Waals surface area (Å²) in [6, 6.07) is 19.2. The van der Waals surface area contributed by atoms with Crippen molar-refractivity contribution in [3.8, 4) is 11.5 Å². The van der Waals surface area contributed by atoms with Crippen LogP contribution in [0, 0.1) is 0 Å². The Morgan fingerprint density at radius 2 is 1.91 bits per heavy atom. The van der Waals surface area contributed by atoms with Crippen molar-refractivity contribution >= 4 is 23.1 Å². The molecular formula is C24H24N6O3. The van der Waals surface area contributed by atoms with Crippen LogP contribution in [0.3, 0.4) is 0 Å². The molecule has 33 heavy (non-hydrogen) atoms. The second-order valence-corrected chi connectivity index (χ2v) is 7.62. The molecule has 0 bridgehead atoms. The molecule has 5 rings (SSSR count). The monoisotopic (exact) mass is 444 g/mol. The summed E-state index contributed by atoms with van der Waals surface area (Å²) in [5.74, 6) is 2.88. The minimum absolute atomic E-state index is 0.0394. The van der Waals surface area contributed by atoms with Crippen molar-refractivity contribution in [1.29, 1.82) is 0 Å². The number of hydrogen-bond donors (Lipinski definition) is 1. The Morgan fingerprint density at radius 1 is 1.06 bits per heavy atom. The molecule has 9 nitrogen and oxygen atoms in total. The Hall–Kier alpha value is -4.14. The lowest BCUT2D eigenvalue weighted by molar-refractivity contribution is -0.118. The van der Waals surface area contributed by atoms with Gasteiger partial charge in [-0.15, -0.1) is 15.3 Å². The highest BCUT2D eigenvalue weighted by atomic mass is 16.7. The van der Waals surface area contributed by atoms with Crippen LogP contribution in [-0.4, -0.2) is 39.1 Å². The second-order valence-electron chi connectivity index (χ2n) is 7.62. The van der Waals surface area contributed by atoms with Gasteiger partial charge in [0, 0.05) is 31.6 Å². The minimum Gasteiger partial charge on any atom is -0.454 e. The van der Waals surface area contributed by atoms with Gasteiger partial charge in [-0.2, -0.15) is 4.52 Å². The third kappa shape index (κ3) is 4.43. The molecule has 1 aliphatic heterocycles. The molecule has 0 radical (unpaired) electrons. The van der Waals surface area contributed by atoms with E-state index >= 15 is 0 Å². The predicted molar refractivity (Wildman–Crippen MR) is 123 cm³/mol. The van der Waals surface area contributed by atoms with Crippen LogP contribution in [0.5, 0.6) is 11.5 Å². The van der Waals surface area contributed by atoms with Crippen molar-refractivity contribution < 1.29 is 14.3 Å². The molecule has 3 heterocycles. The molecule has 0 unspecified atom stereocenters. The fourth-order valence-electron chi connectivity index (χ4n) is 3.79. The molecule has 1 N–H and O–H groups in total. The van der Waals surface area contributed by atoms with Crippen LogP contribution < -0.4 is 19.7 Å². The van der Waals surface area contributed by atoms with Gasteiger partial charge in [0.05, 0.1) is 0 Å². The van der Waals surface area contributed by atoms with E-state index in [4.69, 9.17) is 9.47 Å². The van der Waals surface area contributed by atoms with Crippen LogP contribution in [0.1, 0.15) is 24.7 Å². The van der Waals surface area contributed by atoms with Crippen molar-refractivity contribution in [3.05, 3.63) is 72.1 Å². The number of amides is 1. The molecule has 2 aromatic heterocycles. The van der Waals surface area contributed by atoms with Crippen LogP contribution in [-0.2, 0) is 17.8 Å². The van der Waals surface area contributed by atoms with Gasteiger partial charge >= 0.3 is 0 Å². The molecule has 0 fully saturated rings. The van der Waals surface area contributed by atoms with E-state index < -0.39 is 0 Å². The maximum Gasteiger partial charge on any atom is 0.231 e. The number of aryl methyl sites for hydroxylation is 1. The largest absolute Gasteiger partial charge is 0.454 e. The van der Waals surface area contributed by atoms with Gasteiger partial charge in [0.15, 0.2) is 23.0 Å². The number of benzene rings is 2. The maximum absolute atomic E-state index is 12.8. The van der Waals surface area contributed by atoms with Crippen LogP contribution in [0.25, 0.3) is 5.65 Å². The summed E-state index contributed by atoms with van der Waals surface area (Å²) >= 11 is 0. The van der Waals surface area contributed by atoms with Crippen LogP contribution in [0.4, 0.5) is 11.5 Å². The van der Waals surface area contributed by atoms with Gasteiger partial charge in [-0.05, 0) is 48.9 Å². The first-order chi connectivity index (χ1) is 16.2. The maximum atomic E-state index is 12.8. The zero-order valence-electron chi connectivity index (χ0n) is 18.3. The van der Waals surface area contributed by atoms with Crippen molar-refractivity contribution in [2.24, 2.45) is 0 Å². The Morgan fingerprint density at radius 3 is 2.76 bits per heavy atom. The summed E-state index contributed by atoms with van der Waals surface area (Å²) < 4.78 is 12.5. The number of carbonyl (C=O) groups is 1. The van der Waals surface area contributed by atoms with Crippen LogP contribution >= 0.6 is 0 Å². The lowest BCUT2D eigenvalue weighted by atomic mass is 10.2. The first kappa shape index (κ1) is 20.7. The number of aromatic nitrogens is 4. The van der Waals surface area contributed by atoms with Crippen molar-refractivity contribution in [2.75, 3.05) is 23.6 Å². The third-order valence-corrected chi connectivity index (χ3v) is 5.49. The molecule has 4 aromatic rings. The standard InChI is InChI=1S/C24H24N6O3/c1-2-29(18-6-4-3-5-7-18)24(31)13-12-23-27-26-22-11-10-21(28-30(22)23)25-15-17-8-9-19-20(14-17)33-16-32-19/h3-11,14H,2,12-13,15-16H2,1H3,(H,25,28). The topological polar surface area (TPSA) is 93.9 Å². The number of nitrogens with one attached hydrogen (secondary N) is 1. The smallest absolute Gasteiger partial charge is 0.231 e. The Kier molecular flexibility index (Phi) is 5.75. The molecule has 9 heteroatoms. The number of fused-ring (bicyclic) bond motifs is 2. The summed E-state index contributed by atoms with van der Waals surface area (Å²) in [6.45, 7) is 3.41. The molecule has 168 valence electrons. The van der Waals surface area contributed by atoms with E-state index in [1.807, 2.05) is 67.6 Å². The normalized spacial score (nSPS) is 12.2. The quantitative estimate of drug-likeness (QED) is 0.445. The molecule has 0 spiro atoms. The van der Waals surface area contributed by atoms with E-state index in [1.54, 1.807) is 9.42 Å². The van der Waals surface area contributed by atoms with Crippen molar-refractivity contribution in [1.82, 2.24) is 19.8 Å². The fraction of sp³-hybridized carbons (Fsp3) is 0.250. The number of nitrogens with zero attached hydrogens (tertiary/aromatic N) is 5. The van der Waals surface area contributed by atoms with E-state index in [1.165, 1.54) is 0 Å². The van der Waals surface area contributed by atoms with Gasteiger partial charge in [-0.25, -0.2) is 0 Å². The highest BCUT2D eigenvalue weighted by Gasteiger charge is 2.16. The van der Waals surface area contributed by atoms with E-state index in [0.29, 0.717) is 43.2 Å². The molecule has 0 aliphatic carbocycles. The first-order valence-corrected chi connectivity index (χ1v) is 10.9. The third-order valence-electron chi connectivity index (χ3n) is 5.49. The Bertz CT molecular complexity index is 1270. The Labute approximate surface area is 191 Å². The summed E-state index contributed by atoms with van der Waals surface area (Å²) in [4.78, 5) is 14.6. The number of hydrogen-bond acceptors (Lipinski definition) is 7. The van der Waals surface area contributed by atoms with Gasteiger partial charge in [-0.1, -0.05) is 24.3 Å². The number of ether oxygens (including phenoxy) is 2. The number of carbonyl (C=O) groups excluding carboxylic acids is 1. The highest BCUT2D eigenvalue weighted by molar-refractivity contribution is 5.93. The van der Waals surface area contributed by atoms with E-state index in [0.717, 1.165) is 22.7 Å². The average molecular weight is 444 g/mol. The van der Waals surface area contributed by atoms with Gasteiger partial charge in [0.25, 0.3) is 0 Å². The Balaban J connectivity index is 1.26. The lowest BCUT2D eigenvalue weighted by Crippen LogP contribution is -2.30. The summed E-state index contributed by atoms with van der Waals surface area (Å²) in [6.07, 6.45) is 0.766. The fourth-order valence-corrected chi connectivity index (χ4v) is 3.79. The van der Waals surface area contributed by atoms with E-state index in [2.05, 4.69) is 20.6 Å². The van der Waals surface area contributed by atoms with E-state index in [-0.39, 0.29) is 12.7 Å². The van der Waals surface area contributed by atoms with Gasteiger partial charge in [0.1, 0.15) is 5.82 Å². The number of rotatable bonds is 8. The van der Waals surface area contributed by atoms with Crippen molar-refractivity contribution in [3.63, 3.8) is 0 Å². The van der Waals surface area contributed by atoms with Gasteiger partial charge < -0.3 is 19.7 Å². The molecule has 1 amide bonds. The zero-order valence-corrected chi connectivity index (χ0v) is 18.3. The number of para-hydroxylation sites is 1. The lowest BCUT2D eigenvalue weighted by Gasteiger charge is -2.20. The van der Waals surface area contributed by atoms with Gasteiger partial charge in [-0.3, -0.25) is 4.79 Å². The first-order valence-electron chi connectivity index (χ1n) is 10.9. The SMILES string of the molecule is CCN(C(=O)CCc1nnc2ccc(NCc3ccc4c(c3)OCO4)nn12)c1ccccc1. The van der Waals surface area contributed by atoms with E-state index in [9.17, 15) is 4.79 Å². The molecule has 0 saturated heterocycles. The van der Waals surface area contributed by atoms with Crippen molar-refractivity contribution in [2.45, 2.75) is 26.3 Å². The minimum atomic E-state index is 0.0394. The number of anilines is 2. The van der Waals surface area contributed by atoms with Gasteiger partial charge in [0.2, 0.25) is 12.7 Å². The molecule has 0 saturated carbocycles. The average Bonchev–Trinajstić information content (AvgIpc) is 3.48. The molecule has 1 aliphatic rings. The molecular weight excluding hydrogens is 420 g/mol. The molecule has 2 aromatic carbocycles. The highest BCUT2D eigenvalue weighted by Crippen LogP contribution is 2.32. The second kappa shape index (κ2) is 9.15. The zero-order chi connectivity index (χ0) is 22.6. The molecule has 0 atom stereocenters. The summed E-state index contributed by atoms with van der Waals surface area (Å²) in [5, 5.41) is 16.4. The summed E-state index contributed by atoms with van der Waals surface area (Å²) in [7, 11) is 0. The summed E-state index contributed by atoms with van der Waals surface area (Å²) in [5.41, 5.74) is 2.59. The van der Waals surface area contributed by atoms with Crippen LogP contribution in [0.2, 0.25) is 0 Å². The predicted octanol–water partition coefficient (Wildman–Crippen LogP) is 3.45.